The molecule has 20 heavy (non-hydrogen) atoms. The Balaban J connectivity index is 2.08. The van der Waals surface area contributed by atoms with Crippen molar-refractivity contribution < 1.29 is 4.39 Å². The lowest BCUT2D eigenvalue weighted by atomic mass is 10.2. The summed E-state index contributed by atoms with van der Waals surface area (Å²) in [5, 5.41) is 3.31. The van der Waals surface area contributed by atoms with Crippen molar-refractivity contribution in [3.8, 4) is 0 Å². The molecule has 2 rings (SSSR count). The standard InChI is InChI=1S/C14H14BrClFN3/c1-2-3-13-19-12(15)7-14(20-13)18-8-9-4-5-11(17)10(16)6-9/h4-7H,2-3,8H2,1H3,(H,18,19,20). The third kappa shape index (κ3) is 4.15. The van der Waals surface area contributed by atoms with E-state index in [1.807, 2.05) is 6.07 Å². The summed E-state index contributed by atoms with van der Waals surface area (Å²) in [5.41, 5.74) is 0.892. The van der Waals surface area contributed by atoms with E-state index < -0.39 is 5.82 Å². The number of hydrogen-bond donors (Lipinski definition) is 1. The normalized spacial score (nSPS) is 10.6. The van der Waals surface area contributed by atoms with E-state index in [2.05, 4.69) is 38.1 Å². The van der Waals surface area contributed by atoms with Crippen LogP contribution in [0.15, 0.2) is 28.9 Å². The minimum Gasteiger partial charge on any atom is -0.366 e. The van der Waals surface area contributed by atoms with Crippen molar-refractivity contribution in [2.45, 2.75) is 26.3 Å². The average molecular weight is 359 g/mol. The van der Waals surface area contributed by atoms with Crippen LogP contribution in [0.4, 0.5) is 10.2 Å². The van der Waals surface area contributed by atoms with E-state index in [1.54, 1.807) is 12.1 Å². The van der Waals surface area contributed by atoms with E-state index in [0.29, 0.717) is 6.54 Å². The first-order chi connectivity index (χ1) is 9.58. The Bertz CT molecular complexity index is 607. The highest BCUT2D eigenvalue weighted by molar-refractivity contribution is 9.10. The van der Waals surface area contributed by atoms with Gasteiger partial charge in [-0.25, -0.2) is 14.4 Å². The lowest BCUT2D eigenvalue weighted by molar-refractivity contribution is 0.627. The van der Waals surface area contributed by atoms with Gasteiger partial charge in [-0.15, -0.1) is 0 Å². The van der Waals surface area contributed by atoms with Crippen molar-refractivity contribution in [1.82, 2.24) is 9.97 Å². The lowest BCUT2D eigenvalue weighted by Gasteiger charge is -2.08. The Morgan fingerprint density at radius 3 is 2.80 bits per heavy atom. The van der Waals surface area contributed by atoms with Crippen LogP contribution in [0.3, 0.4) is 0 Å². The highest BCUT2D eigenvalue weighted by atomic mass is 79.9. The summed E-state index contributed by atoms with van der Waals surface area (Å²) in [5.74, 6) is 1.11. The van der Waals surface area contributed by atoms with Crippen LogP contribution >= 0.6 is 27.5 Å². The van der Waals surface area contributed by atoms with E-state index in [9.17, 15) is 4.39 Å². The summed E-state index contributed by atoms with van der Waals surface area (Å²) >= 11 is 9.12. The number of rotatable bonds is 5. The summed E-state index contributed by atoms with van der Waals surface area (Å²) in [6.45, 7) is 2.60. The monoisotopic (exact) mass is 357 g/mol. The van der Waals surface area contributed by atoms with E-state index in [-0.39, 0.29) is 5.02 Å². The van der Waals surface area contributed by atoms with Crippen LogP contribution in [0.5, 0.6) is 0 Å². The van der Waals surface area contributed by atoms with Crippen LogP contribution in [0.25, 0.3) is 0 Å². The van der Waals surface area contributed by atoms with Gasteiger partial charge in [0, 0.05) is 19.0 Å². The second-order valence-corrected chi connectivity index (χ2v) is 5.56. The molecule has 0 radical (unpaired) electrons. The van der Waals surface area contributed by atoms with Crippen LogP contribution in [0.2, 0.25) is 5.02 Å². The van der Waals surface area contributed by atoms with Crippen molar-refractivity contribution in [3.05, 3.63) is 51.1 Å². The molecule has 0 fully saturated rings. The van der Waals surface area contributed by atoms with Crippen LogP contribution in [-0.4, -0.2) is 9.97 Å². The SMILES string of the molecule is CCCc1nc(Br)cc(NCc2ccc(F)c(Cl)c2)n1. The molecule has 0 saturated carbocycles. The van der Waals surface area contributed by atoms with Gasteiger partial charge in [-0.3, -0.25) is 0 Å². The quantitative estimate of drug-likeness (QED) is 0.794. The maximum Gasteiger partial charge on any atom is 0.141 e. The van der Waals surface area contributed by atoms with Gasteiger partial charge < -0.3 is 5.32 Å². The zero-order valence-electron chi connectivity index (χ0n) is 11.0. The van der Waals surface area contributed by atoms with Gasteiger partial charge in [-0.1, -0.05) is 24.6 Å². The van der Waals surface area contributed by atoms with Gasteiger partial charge in [0.2, 0.25) is 0 Å². The van der Waals surface area contributed by atoms with Gasteiger partial charge in [0.1, 0.15) is 22.1 Å². The highest BCUT2D eigenvalue weighted by Crippen LogP contribution is 2.18. The van der Waals surface area contributed by atoms with Gasteiger partial charge in [-0.2, -0.15) is 0 Å². The molecule has 0 atom stereocenters. The molecule has 0 amide bonds. The molecule has 1 N–H and O–H groups in total. The van der Waals surface area contributed by atoms with Crippen molar-refractivity contribution in [3.63, 3.8) is 0 Å². The molecule has 2 aromatic rings. The molecule has 1 heterocycles. The molecule has 0 aliphatic carbocycles. The summed E-state index contributed by atoms with van der Waals surface area (Å²) in [7, 11) is 0. The molecular weight excluding hydrogens is 345 g/mol. The Labute approximate surface area is 130 Å². The van der Waals surface area contributed by atoms with Gasteiger partial charge in [0.05, 0.1) is 5.02 Å². The van der Waals surface area contributed by atoms with Gasteiger partial charge in [-0.05, 0) is 40.0 Å². The fourth-order valence-corrected chi connectivity index (χ4v) is 2.36. The summed E-state index contributed by atoms with van der Waals surface area (Å²) < 4.78 is 13.8. The third-order valence-electron chi connectivity index (χ3n) is 2.67. The molecule has 0 aliphatic heterocycles. The Kier molecular flexibility index (Phi) is 5.31. The number of nitrogens with one attached hydrogen (secondary N) is 1. The predicted molar refractivity (Wildman–Crippen MR) is 82.5 cm³/mol. The van der Waals surface area contributed by atoms with Crippen molar-refractivity contribution in [1.29, 1.82) is 0 Å². The molecule has 0 unspecified atom stereocenters. The summed E-state index contributed by atoms with van der Waals surface area (Å²) in [6, 6.07) is 6.46. The number of anilines is 1. The number of benzene rings is 1. The van der Waals surface area contributed by atoms with Crippen LogP contribution < -0.4 is 5.32 Å². The molecule has 106 valence electrons. The van der Waals surface area contributed by atoms with Crippen molar-refractivity contribution >= 4 is 33.3 Å². The van der Waals surface area contributed by atoms with Gasteiger partial charge >= 0.3 is 0 Å². The Morgan fingerprint density at radius 1 is 1.30 bits per heavy atom. The second kappa shape index (κ2) is 6.99. The topological polar surface area (TPSA) is 37.8 Å². The van der Waals surface area contributed by atoms with E-state index >= 15 is 0 Å². The maximum absolute atomic E-state index is 13.1. The first-order valence-electron chi connectivity index (χ1n) is 6.29. The first kappa shape index (κ1) is 15.2. The zero-order valence-corrected chi connectivity index (χ0v) is 13.3. The van der Waals surface area contributed by atoms with Crippen LogP contribution in [-0.2, 0) is 13.0 Å². The Morgan fingerprint density at radius 2 is 2.10 bits per heavy atom. The number of hydrogen-bond acceptors (Lipinski definition) is 3. The van der Waals surface area contributed by atoms with Gasteiger partial charge in [0.15, 0.2) is 0 Å². The molecule has 1 aromatic carbocycles. The predicted octanol–water partition coefficient (Wildman–Crippen LogP) is 4.60. The van der Waals surface area contributed by atoms with Crippen molar-refractivity contribution in [2.24, 2.45) is 0 Å². The largest absolute Gasteiger partial charge is 0.366 e. The molecule has 6 heteroatoms. The highest BCUT2D eigenvalue weighted by Gasteiger charge is 2.04. The molecular formula is C14H14BrClFN3. The lowest BCUT2D eigenvalue weighted by Crippen LogP contribution is -2.05. The molecule has 1 aromatic heterocycles. The number of aromatic nitrogens is 2. The minimum absolute atomic E-state index is 0.125. The maximum atomic E-state index is 13.1. The van der Waals surface area contributed by atoms with E-state index in [0.717, 1.165) is 34.7 Å². The minimum atomic E-state index is -0.412. The molecule has 0 spiro atoms. The molecule has 3 nitrogen and oxygen atoms in total. The average Bonchev–Trinajstić information content (AvgIpc) is 2.40. The Hall–Kier alpha value is -1.20. The summed E-state index contributed by atoms with van der Waals surface area (Å²) in [6.07, 6.45) is 1.82. The number of nitrogens with zero attached hydrogens (tertiary/aromatic N) is 2. The smallest absolute Gasteiger partial charge is 0.141 e. The zero-order chi connectivity index (χ0) is 14.5. The van der Waals surface area contributed by atoms with E-state index in [4.69, 9.17) is 11.6 Å². The van der Waals surface area contributed by atoms with Crippen LogP contribution in [0, 0.1) is 5.82 Å². The fraction of sp³-hybridized carbons (Fsp3) is 0.286. The summed E-state index contributed by atoms with van der Waals surface area (Å²) in [4.78, 5) is 8.72. The molecule has 0 aliphatic rings. The number of aryl methyl sites for hydroxylation is 1. The molecule has 0 saturated heterocycles. The van der Waals surface area contributed by atoms with Gasteiger partial charge in [0.25, 0.3) is 0 Å². The number of halogens is 3. The fourth-order valence-electron chi connectivity index (χ4n) is 1.73. The van der Waals surface area contributed by atoms with Crippen molar-refractivity contribution in [2.75, 3.05) is 5.32 Å². The second-order valence-electron chi connectivity index (χ2n) is 4.34. The molecule has 0 bridgehead atoms. The van der Waals surface area contributed by atoms with Crippen LogP contribution in [0.1, 0.15) is 24.7 Å². The first-order valence-corrected chi connectivity index (χ1v) is 7.47. The van der Waals surface area contributed by atoms with E-state index in [1.165, 1.54) is 6.07 Å². The third-order valence-corrected chi connectivity index (χ3v) is 3.37.